The molecule has 7 heteroatoms. The molecule has 0 radical (unpaired) electrons. The van der Waals surface area contributed by atoms with E-state index in [2.05, 4.69) is 22.5 Å². The van der Waals surface area contributed by atoms with Gasteiger partial charge in [-0.1, -0.05) is 17.7 Å². The molecule has 3 rings (SSSR count). The SMILES string of the molecule is CCNC(=S)N1CCC(C(NC(=O)c2ccc(C)cc2)C(=O)N2CCCCC2C)CC1. The van der Waals surface area contributed by atoms with Crippen molar-refractivity contribution in [3.63, 3.8) is 0 Å². The molecule has 0 saturated carbocycles. The first-order valence-electron chi connectivity index (χ1n) is 11.6. The van der Waals surface area contributed by atoms with Crippen molar-refractivity contribution in [3.05, 3.63) is 35.4 Å². The van der Waals surface area contributed by atoms with Gasteiger partial charge in [-0.2, -0.15) is 0 Å². The fourth-order valence-corrected chi connectivity index (χ4v) is 4.94. The summed E-state index contributed by atoms with van der Waals surface area (Å²) < 4.78 is 0. The van der Waals surface area contributed by atoms with Crippen LogP contribution in [0.4, 0.5) is 0 Å². The average Bonchev–Trinajstić information content (AvgIpc) is 2.78. The molecule has 2 atom stereocenters. The lowest BCUT2D eigenvalue weighted by molar-refractivity contribution is -0.138. The molecule has 31 heavy (non-hydrogen) atoms. The Kier molecular flexibility index (Phi) is 8.29. The van der Waals surface area contributed by atoms with E-state index in [-0.39, 0.29) is 23.8 Å². The number of hydrogen-bond donors (Lipinski definition) is 2. The first-order chi connectivity index (χ1) is 14.9. The van der Waals surface area contributed by atoms with Crippen molar-refractivity contribution in [2.24, 2.45) is 5.92 Å². The van der Waals surface area contributed by atoms with Gasteiger partial charge in [0.2, 0.25) is 5.91 Å². The minimum absolute atomic E-state index is 0.0698. The van der Waals surface area contributed by atoms with E-state index in [9.17, 15) is 9.59 Å². The number of carbonyl (C=O) groups excluding carboxylic acids is 2. The van der Waals surface area contributed by atoms with E-state index in [1.165, 1.54) is 0 Å². The Labute approximate surface area is 191 Å². The van der Waals surface area contributed by atoms with E-state index in [0.29, 0.717) is 5.56 Å². The van der Waals surface area contributed by atoms with Gasteiger partial charge in [0.05, 0.1) is 0 Å². The smallest absolute Gasteiger partial charge is 0.251 e. The topological polar surface area (TPSA) is 64.7 Å². The summed E-state index contributed by atoms with van der Waals surface area (Å²) in [6.45, 7) is 9.34. The third kappa shape index (κ3) is 5.97. The number of piperidine rings is 2. The number of hydrogen-bond acceptors (Lipinski definition) is 3. The molecule has 0 aromatic heterocycles. The van der Waals surface area contributed by atoms with Crippen LogP contribution in [0.25, 0.3) is 0 Å². The van der Waals surface area contributed by atoms with Gasteiger partial charge in [0.25, 0.3) is 5.91 Å². The zero-order valence-electron chi connectivity index (χ0n) is 19.0. The molecule has 0 aliphatic carbocycles. The number of benzene rings is 1. The Balaban J connectivity index is 1.74. The summed E-state index contributed by atoms with van der Waals surface area (Å²) in [4.78, 5) is 30.8. The molecule has 2 unspecified atom stereocenters. The third-order valence-corrected chi connectivity index (χ3v) is 6.98. The van der Waals surface area contributed by atoms with Gasteiger partial charge in [-0.3, -0.25) is 9.59 Å². The van der Waals surface area contributed by atoms with Gasteiger partial charge in [-0.15, -0.1) is 0 Å². The zero-order chi connectivity index (χ0) is 22.4. The van der Waals surface area contributed by atoms with Gasteiger partial charge < -0.3 is 20.4 Å². The van der Waals surface area contributed by atoms with Crippen LogP contribution in [0.1, 0.15) is 61.9 Å². The predicted octanol–water partition coefficient (Wildman–Crippen LogP) is 3.10. The number of nitrogens with zero attached hydrogens (tertiary/aromatic N) is 2. The molecule has 2 saturated heterocycles. The molecular weight excluding hydrogens is 408 g/mol. The van der Waals surface area contributed by atoms with Gasteiger partial charge in [0, 0.05) is 37.8 Å². The maximum atomic E-state index is 13.6. The van der Waals surface area contributed by atoms with Crippen LogP contribution in [0.2, 0.25) is 0 Å². The standard InChI is InChI=1S/C24H36N4O2S/c1-4-25-24(31)27-15-12-19(13-16-27)21(23(30)28-14-6-5-7-18(28)3)26-22(29)20-10-8-17(2)9-11-20/h8-11,18-19,21H,4-7,12-16H2,1-3H3,(H,25,31)(H,26,29). The molecule has 2 amide bonds. The van der Waals surface area contributed by atoms with E-state index >= 15 is 0 Å². The van der Waals surface area contributed by atoms with Gasteiger partial charge >= 0.3 is 0 Å². The quantitative estimate of drug-likeness (QED) is 0.684. The molecule has 1 aromatic carbocycles. The number of amides is 2. The van der Waals surface area contributed by atoms with Crippen LogP contribution in [0, 0.1) is 12.8 Å². The molecule has 0 spiro atoms. The Bertz CT molecular complexity index is 774. The molecule has 2 aliphatic rings. The number of thiocarbonyl (C=S) groups is 1. The lowest BCUT2D eigenvalue weighted by atomic mass is 9.87. The molecule has 2 heterocycles. The van der Waals surface area contributed by atoms with Crippen LogP contribution in [0.3, 0.4) is 0 Å². The summed E-state index contributed by atoms with van der Waals surface area (Å²) in [6, 6.07) is 7.24. The van der Waals surface area contributed by atoms with Gasteiger partial charge in [0.1, 0.15) is 6.04 Å². The molecule has 170 valence electrons. The molecule has 6 nitrogen and oxygen atoms in total. The summed E-state index contributed by atoms with van der Waals surface area (Å²) in [5, 5.41) is 7.10. The first-order valence-corrected chi connectivity index (χ1v) is 12.0. The largest absolute Gasteiger partial charge is 0.363 e. The second kappa shape index (κ2) is 10.9. The van der Waals surface area contributed by atoms with Crippen molar-refractivity contribution in [2.45, 2.75) is 65.0 Å². The molecular formula is C24H36N4O2S. The summed E-state index contributed by atoms with van der Waals surface area (Å²) in [7, 11) is 0. The van der Waals surface area contributed by atoms with Crippen LogP contribution >= 0.6 is 12.2 Å². The van der Waals surface area contributed by atoms with Crippen LogP contribution < -0.4 is 10.6 Å². The van der Waals surface area contributed by atoms with E-state index in [0.717, 1.165) is 69.0 Å². The van der Waals surface area contributed by atoms with E-state index in [1.807, 2.05) is 43.0 Å². The second-order valence-corrected chi connectivity index (χ2v) is 9.24. The highest BCUT2D eigenvalue weighted by molar-refractivity contribution is 7.80. The number of rotatable bonds is 5. The molecule has 0 bridgehead atoms. The Morgan fingerprint density at radius 2 is 1.77 bits per heavy atom. The summed E-state index contributed by atoms with van der Waals surface area (Å²) in [5.74, 6) is 0.00526. The molecule has 2 N–H and O–H groups in total. The fourth-order valence-electron chi connectivity index (χ4n) is 4.61. The van der Waals surface area contributed by atoms with E-state index < -0.39 is 6.04 Å². The molecule has 1 aromatic rings. The highest BCUT2D eigenvalue weighted by Gasteiger charge is 2.37. The normalized spacial score (nSPS) is 20.8. The lowest BCUT2D eigenvalue weighted by Crippen LogP contribution is -2.57. The fraction of sp³-hybridized carbons (Fsp3) is 0.625. The molecule has 2 fully saturated rings. The molecule has 2 aliphatic heterocycles. The summed E-state index contributed by atoms with van der Waals surface area (Å²) in [5.41, 5.74) is 1.70. The highest BCUT2D eigenvalue weighted by atomic mass is 32.1. The predicted molar refractivity (Wildman–Crippen MR) is 128 cm³/mol. The average molecular weight is 445 g/mol. The van der Waals surface area contributed by atoms with Crippen molar-refractivity contribution in [1.82, 2.24) is 20.4 Å². The second-order valence-electron chi connectivity index (χ2n) is 8.85. The highest BCUT2D eigenvalue weighted by Crippen LogP contribution is 2.25. The summed E-state index contributed by atoms with van der Waals surface area (Å²) >= 11 is 5.46. The van der Waals surface area contributed by atoms with Crippen molar-refractivity contribution in [2.75, 3.05) is 26.2 Å². The Hall–Kier alpha value is -2.15. The summed E-state index contributed by atoms with van der Waals surface area (Å²) in [6.07, 6.45) is 4.88. The van der Waals surface area contributed by atoms with Crippen molar-refractivity contribution < 1.29 is 9.59 Å². The van der Waals surface area contributed by atoms with Crippen LogP contribution in [-0.2, 0) is 4.79 Å². The van der Waals surface area contributed by atoms with Crippen LogP contribution in [0.5, 0.6) is 0 Å². The lowest BCUT2D eigenvalue weighted by Gasteiger charge is -2.41. The van der Waals surface area contributed by atoms with Gasteiger partial charge in [0.15, 0.2) is 5.11 Å². The Morgan fingerprint density at radius 1 is 1.10 bits per heavy atom. The van der Waals surface area contributed by atoms with Gasteiger partial charge in [-0.05, 0) is 83.1 Å². The zero-order valence-corrected chi connectivity index (χ0v) is 19.8. The minimum Gasteiger partial charge on any atom is -0.363 e. The number of nitrogens with one attached hydrogen (secondary N) is 2. The van der Waals surface area contributed by atoms with Crippen LogP contribution in [-0.4, -0.2) is 65.0 Å². The van der Waals surface area contributed by atoms with Crippen LogP contribution in [0.15, 0.2) is 24.3 Å². The minimum atomic E-state index is -0.496. The number of likely N-dealkylation sites (tertiary alicyclic amines) is 2. The van der Waals surface area contributed by atoms with Crippen molar-refractivity contribution in [3.8, 4) is 0 Å². The van der Waals surface area contributed by atoms with Gasteiger partial charge in [-0.25, -0.2) is 0 Å². The maximum Gasteiger partial charge on any atom is 0.251 e. The van der Waals surface area contributed by atoms with E-state index in [1.54, 1.807) is 0 Å². The number of aryl methyl sites for hydroxylation is 1. The first kappa shape index (κ1) is 23.5. The number of carbonyl (C=O) groups is 2. The van der Waals surface area contributed by atoms with E-state index in [4.69, 9.17) is 12.2 Å². The maximum absolute atomic E-state index is 13.6. The Morgan fingerprint density at radius 3 is 2.39 bits per heavy atom. The monoisotopic (exact) mass is 444 g/mol. The third-order valence-electron chi connectivity index (χ3n) is 6.58. The van der Waals surface area contributed by atoms with Crippen molar-refractivity contribution >= 4 is 29.1 Å². The van der Waals surface area contributed by atoms with Crippen molar-refractivity contribution in [1.29, 1.82) is 0 Å².